The monoisotopic (exact) mass is 305 g/mol. The third-order valence-electron chi connectivity index (χ3n) is 5.82. The Balaban J connectivity index is 1.38. The van der Waals surface area contributed by atoms with Gasteiger partial charge in [-0.25, -0.2) is 0 Å². The van der Waals surface area contributed by atoms with Crippen LogP contribution in [0.4, 0.5) is 0 Å². The van der Waals surface area contributed by atoms with Crippen molar-refractivity contribution in [3.05, 3.63) is 22.4 Å². The van der Waals surface area contributed by atoms with Gasteiger partial charge < -0.3 is 10.1 Å². The number of fused-ring (bicyclic) bond motifs is 2. The Kier molecular flexibility index (Phi) is 3.54. The molecule has 3 atom stereocenters. The Labute approximate surface area is 130 Å². The second kappa shape index (κ2) is 5.40. The predicted octanol–water partition coefficient (Wildman–Crippen LogP) is 3.14. The molecule has 1 N–H and O–H groups in total. The van der Waals surface area contributed by atoms with E-state index in [9.17, 15) is 4.79 Å². The zero-order chi connectivity index (χ0) is 14.3. The van der Waals surface area contributed by atoms with Gasteiger partial charge in [-0.1, -0.05) is 12.8 Å². The maximum atomic E-state index is 12.3. The summed E-state index contributed by atoms with van der Waals surface area (Å²) in [6.45, 7) is 0.887. The highest BCUT2D eigenvalue weighted by Crippen LogP contribution is 2.60. The van der Waals surface area contributed by atoms with Gasteiger partial charge >= 0.3 is 0 Å². The number of aryl methyl sites for hydroxylation is 1. The van der Waals surface area contributed by atoms with Crippen LogP contribution < -0.4 is 5.32 Å². The summed E-state index contributed by atoms with van der Waals surface area (Å²) < 4.78 is 5.97. The molecule has 2 aliphatic carbocycles. The summed E-state index contributed by atoms with van der Waals surface area (Å²) in [4.78, 5) is 12.3. The van der Waals surface area contributed by atoms with Crippen LogP contribution in [0.2, 0.25) is 0 Å². The lowest BCUT2D eigenvalue weighted by atomic mass is 9.54. The van der Waals surface area contributed by atoms with Crippen molar-refractivity contribution in [1.82, 2.24) is 5.32 Å². The van der Waals surface area contributed by atoms with Gasteiger partial charge in [0.15, 0.2) is 0 Å². The molecule has 0 radical (unpaired) electrons. The van der Waals surface area contributed by atoms with Crippen molar-refractivity contribution in [1.29, 1.82) is 0 Å². The number of nitrogens with one attached hydrogen (secondary N) is 1. The molecule has 0 bridgehead atoms. The lowest BCUT2D eigenvalue weighted by Gasteiger charge is -2.56. The molecule has 3 unspecified atom stereocenters. The molecule has 1 aromatic rings. The first kappa shape index (κ1) is 13.8. The highest BCUT2D eigenvalue weighted by atomic mass is 32.1. The Morgan fingerprint density at radius 2 is 2.29 bits per heavy atom. The van der Waals surface area contributed by atoms with E-state index in [1.807, 2.05) is 0 Å². The van der Waals surface area contributed by atoms with Crippen LogP contribution in [0.15, 0.2) is 16.8 Å². The minimum atomic E-state index is 0.225. The number of hydrogen-bond donors (Lipinski definition) is 1. The maximum Gasteiger partial charge on any atom is 0.220 e. The van der Waals surface area contributed by atoms with Gasteiger partial charge in [-0.2, -0.15) is 11.3 Å². The molecule has 3 aliphatic rings. The first-order valence-corrected chi connectivity index (χ1v) is 9.16. The van der Waals surface area contributed by atoms with Crippen molar-refractivity contribution < 1.29 is 9.53 Å². The van der Waals surface area contributed by atoms with Crippen LogP contribution in [0.25, 0.3) is 0 Å². The Morgan fingerprint density at radius 3 is 3.05 bits per heavy atom. The van der Waals surface area contributed by atoms with Crippen LogP contribution in [0.3, 0.4) is 0 Å². The van der Waals surface area contributed by atoms with Crippen LogP contribution in [-0.2, 0) is 16.0 Å². The summed E-state index contributed by atoms with van der Waals surface area (Å²) in [5, 5.41) is 7.58. The summed E-state index contributed by atoms with van der Waals surface area (Å²) in [5.41, 5.74) is 1.56. The molecule has 3 nitrogen and oxygen atoms in total. The van der Waals surface area contributed by atoms with Gasteiger partial charge in [0.2, 0.25) is 5.91 Å². The molecule has 1 aliphatic heterocycles. The number of ether oxygens (including phenoxy) is 1. The molecule has 1 amide bonds. The Bertz CT molecular complexity index is 507. The van der Waals surface area contributed by atoms with E-state index in [0.29, 0.717) is 24.5 Å². The van der Waals surface area contributed by atoms with Gasteiger partial charge in [-0.15, -0.1) is 0 Å². The van der Waals surface area contributed by atoms with Crippen LogP contribution >= 0.6 is 11.3 Å². The average Bonchev–Trinajstić information content (AvgIpc) is 3.22. The highest BCUT2D eigenvalue weighted by molar-refractivity contribution is 7.07. The van der Waals surface area contributed by atoms with Gasteiger partial charge in [-0.05, 0) is 48.1 Å². The standard InChI is InChI=1S/C17H23NO2S/c19-14(4-3-12-6-10-21-11-12)18-15-13-5-9-20-16(13)17(15)7-1-2-8-17/h6,10-11,13,15-16H,1-5,7-9H2,(H,18,19). The van der Waals surface area contributed by atoms with Crippen LogP contribution in [-0.4, -0.2) is 24.7 Å². The molecule has 1 saturated heterocycles. The van der Waals surface area contributed by atoms with Crippen LogP contribution in [0, 0.1) is 11.3 Å². The van der Waals surface area contributed by atoms with Crippen molar-refractivity contribution in [3.8, 4) is 0 Å². The molecule has 1 spiro atoms. The van der Waals surface area contributed by atoms with E-state index < -0.39 is 0 Å². The minimum Gasteiger partial charge on any atom is -0.377 e. The van der Waals surface area contributed by atoms with Gasteiger partial charge in [-0.3, -0.25) is 4.79 Å². The molecule has 2 saturated carbocycles. The molecule has 4 rings (SSSR count). The lowest BCUT2D eigenvalue weighted by molar-refractivity contribution is -0.145. The number of amides is 1. The smallest absolute Gasteiger partial charge is 0.220 e. The number of hydrogen-bond acceptors (Lipinski definition) is 3. The normalized spacial score (nSPS) is 32.9. The fourth-order valence-electron chi connectivity index (χ4n) is 4.84. The first-order valence-electron chi connectivity index (χ1n) is 8.22. The van der Waals surface area contributed by atoms with E-state index in [-0.39, 0.29) is 11.3 Å². The molecule has 1 aromatic heterocycles. The van der Waals surface area contributed by atoms with Crippen molar-refractivity contribution >= 4 is 17.2 Å². The largest absolute Gasteiger partial charge is 0.377 e. The molecule has 114 valence electrons. The number of carbonyl (C=O) groups is 1. The summed E-state index contributed by atoms with van der Waals surface area (Å²) in [5.74, 6) is 0.802. The summed E-state index contributed by atoms with van der Waals surface area (Å²) in [6.07, 6.45) is 8.11. The highest BCUT2D eigenvalue weighted by Gasteiger charge is 2.65. The Hall–Kier alpha value is -0.870. The van der Waals surface area contributed by atoms with E-state index in [2.05, 4.69) is 22.1 Å². The third-order valence-corrected chi connectivity index (χ3v) is 6.56. The quantitative estimate of drug-likeness (QED) is 0.928. The van der Waals surface area contributed by atoms with Gasteiger partial charge in [0.1, 0.15) is 0 Å². The Morgan fingerprint density at radius 1 is 1.43 bits per heavy atom. The summed E-state index contributed by atoms with van der Waals surface area (Å²) in [7, 11) is 0. The van der Waals surface area contributed by atoms with Gasteiger partial charge in [0.05, 0.1) is 6.10 Å². The van der Waals surface area contributed by atoms with E-state index in [4.69, 9.17) is 4.74 Å². The summed E-state index contributed by atoms with van der Waals surface area (Å²) in [6, 6.07) is 2.49. The molecular weight excluding hydrogens is 282 g/mol. The third kappa shape index (κ3) is 2.23. The van der Waals surface area contributed by atoms with E-state index >= 15 is 0 Å². The first-order chi connectivity index (χ1) is 10.3. The number of thiophene rings is 1. The van der Waals surface area contributed by atoms with Crippen molar-refractivity contribution in [2.45, 2.75) is 57.1 Å². The molecule has 3 fully saturated rings. The average molecular weight is 305 g/mol. The number of carbonyl (C=O) groups excluding carboxylic acids is 1. The van der Waals surface area contributed by atoms with Crippen molar-refractivity contribution in [2.75, 3.05) is 6.61 Å². The van der Waals surface area contributed by atoms with Crippen molar-refractivity contribution in [2.24, 2.45) is 11.3 Å². The lowest BCUT2D eigenvalue weighted by Crippen LogP contribution is -2.68. The predicted molar refractivity (Wildman–Crippen MR) is 83.3 cm³/mol. The minimum absolute atomic E-state index is 0.225. The maximum absolute atomic E-state index is 12.3. The zero-order valence-corrected chi connectivity index (χ0v) is 13.2. The fraction of sp³-hybridized carbons (Fsp3) is 0.706. The summed E-state index contributed by atoms with van der Waals surface area (Å²) >= 11 is 1.70. The number of rotatable bonds is 4. The molecule has 4 heteroatoms. The van der Waals surface area contributed by atoms with E-state index in [1.165, 1.54) is 31.2 Å². The van der Waals surface area contributed by atoms with Crippen LogP contribution in [0.5, 0.6) is 0 Å². The van der Waals surface area contributed by atoms with E-state index in [0.717, 1.165) is 19.4 Å². The van der Waals surface area contributed by atoms with Crippen molar-refractivity contribution in [3.63, 3.8) is 0 Å². The fourth-order valence-corrected chi connectivity index (χ4v) is 5.55. The topological polar surface area (TPSA) is 38.3 Å². The molecule has 0 aromatic carbocycles. The molecule has 21 heavy (non-hydrogen) atoms. The van der Waals surface area contributed by atoms with Gasteiger partial charge in [0.25, 0.3) is 0 Å². The van der Waals surface area contributed by atoms with E-state index in [1.54, 1.807) is 11.3 Å². The second-order valence-corrected chi connectivity index (χ2v) is 7.64. The second-order valence-electron chi connectivity index (χ2n) is 6.86. The van der Waals surface area contributed by atoms with Gasteiger partial charge in [0, 0.05) is 30.4 Å². The molecule has 2 heterocycles. The molecular formula is C17H23NO2S. The SMILES string of the molecule is O=C(CCc1ccsc1)NC1C2CCOC2C12CCCC2. The van der Waals surface area contributed by atoms with Crippen LogP contribution in [0.1, 0.15) is 44.1 Å². The zero-order valence-electron chi connectivity index (χ0n) is 12.3.